The number of carbonyl (C=O) groups excluding carboxylic acids is 2. The van der Waals surface area contributed by atoms with E-state index in [-0.39, 0.29) is 18.0 Å². The molecule has 1 fully saturated rings. The second-order valence-corrected chi connectivity index (χ2v) is 7.01. The van der Waals surface area contributed by atoms with Gasteiger partial charge in [-0.1, -0.05) is 12.1 Å². The van der Waals surface area contributed by atoms with E-state index >= 15 is 0 Å². The minimum Gasteiger partial charge on any atom is -0.337 e. The third kappa shape index (κ3) is 5.18. The Labute approximate surface area is 165 Å². The number of benzene rings is 1. The van der Waals surface area contributed by atoms with Crippen molar-refractivity contribution in [3.63, 3.8) is 0 Å². The first-order chi connectivity index (χ1) is 13.5. The van der Waals surface area contributed by atoms with Crippen molar-refractivity contribution in [1.29, 1.82) is 0 Å². The third-order valence-corrected chi connectivity index (χ3v) is 4.48. The van der Waals surface area contributed by atoms with Crippen LogP contribution in [0.25, 0.3) is 0 Å². The number of nitrogens with one attached hydrogen (secondary N) is 2. The first-order valence-electron chi connectivity index (χ1n) is 9.47. The number of carbonyl (C=O) groups is 2. The minimum atomic E-state index is -0.199. The van der Waals surface area contributed by atoms with E-state index in [1.54, 1.807) is 18.5 Å². The summed E-state index contributed by atoms with van der Waals surface area (Å²) in [6, 6.07) is 9.05. The Bertz CT molecular complexity index is 786. The van der Waals surface area contributed by atoms with Gasteiger partial charge in [0, 0.05) is 56.7 Å². The molecule has 1 saturated heterocycles. The molecular weight excluding hydrogens is 356 g/mol. The number of aromatic nitrogens is 2. The van der Waals surface area contributed by atoms with Crippen LogP contribution in [0.5, 0.6) is 0 Å². The Balaban J connectivity index is 1.50. The Morgan fingerprint density at radius 3 is 2.29 bits per heavy atom. The predicted molar refractivity (Wildman–Crippen MR) is 107 cm³/mol. The number of nitrogens with zero attached hydrogens (tertiary/aromatic N) is 4. The molecule has 3 rings (SSSR count). The van der Waals surface area contributed by atoms with E-state index in [9.17, 15) is 9.59 Å². The molecule has 1 aromatic carbocycles. The van der Waals surface area contributed by atoms with E-state index in [1.165, 1.54) is 0 Å². The summed E-state index contributed by atoms with van der Waals surface area (Å²) in [7, 11) is 0. The van der Waals surface area contributed by atoms with E-state index < -0.39 is 0 Å². The molecule has 0 saturated carbocycles. The Morgan fingerprint density at radius 2 is 1.68 bits per heavy atom. The summed E-state index contributed by atoms with van der Waals surface area (Å²) in [6.45, 7) is 6.93. The zero-order valence-electron chi connectivity index (χ0n) is 16.3. The van der Waals surface area contributed by atoms with Gasteiger partial charge in [0.1, 0.15) is 0 Å². The smallest absolute Gasteiger partial charge is 0.315 e. The number of rotatable bonds is 5. The maximum Gasteiger partial charge on any atom is 0.315 e. The first-order valence-corrected chi connectivity index (χ1v) is 9.47. The van der Waals surface area contributed by atoms with Crippen molar-refractivity contribution < 1.29 is 9.59 Å². The molecule has 2 N–H and O–H groups in total. The molecule has 8 heteroatoms. The molecule has 3 amide bonds. The molecule has 2 aromatic rings. The van der Waals surface area contributed by atoms with Crippen molar-refractivity contribution in [1.82, 2.24) is 25.5 Å². The van der Waals surface area contributed by atoms with E-state index in [1.807, 2.05) is 43.0 Å². The summed E-state index contributed by atoms with van der Waals surface area (Å²) in [6.07, 6.45) is 3.45. The normalized spacial score (nSPS) is 14.1. The van der Waals surface area contributed by atoms with Gasteiger partial charge in [-0.3, -0.25) is 4.79 Å². The van der Waals surface area contributed by atoms with Gasteiger partial charge < -0.3 is 20.4 Å². The molecule has 0 atom stereocenters. The lowest BCUT2D eigenvalue weighted by Crippen LogP contribution is -2.49. The second kappa shape index (κ2) is 9.16. The lowest BCUT2D eigenvalue weighted by atomic mass is 10.1. The molecule has 0 aliphatic carbocycles. The van der Waals surface area contributed by atoms with Gasteiger partial charge in [0.2, 0.25) is 5.95 Å². The van der Waals surface area contributed by atoms with Crippen LogP contribution in [0, 0.1) is 0 Å². The SMILES string of the molecule is CC(C)NC(=O)NCc1ccc(C(=O)N2CCN(c3ncccn3)CC2)cc1. The number of piperazine rings is 1. The van der Waals surface area contributed by atoms with Crippen LogP contribution in [0.3, 0.4) is 0 Å². The molecule has 0 spiro atoms. The minimum absolute atomic E-state index is 0.0192. The topological polar surface area (TPSA) is 90.5 Å². The standard InChI is InChI=1S/C20H26N6O2/c1-15(2)24-20(28)23-14-16-4-6-17(7-5-16)18(27)25-10-12-26(13-11-25)19-21-8-3-9-22-19/h3-9,15H,10-14H2,1-2H3,(H2,23,24,28). The molecule has 0 radical (unpaired) electrons. The molecule has 1 aliphatic rings. The Kier molecular flexibility index (Phi) is 6.41. The summed E-state index contributed by atoms with van der Waals surface area (Å²) in [5.74, 6) is 0.721. The average Bonchev–Trinajstić information content (AvgIpc) is 2.72. The van der Waals surface area contributed by atoms with E-state index in [4.69, 9.17) is 0 Å². The van der Waals surface area contributed by atoms with Gasteiger partial charge in [0.25, 0.3) is 5.91 Å². The largest absolute Gasteiger partial charge is 0.337 e. The van der Waals surface area contributed by atoms with Gasteiger partial charge in [-0.15, -0.1) is 0 Å². The molecular formula is C20H26N6O2. The number of amides is 3. The molecule has 0 bridgehead atoms. The molecule has 28 heavy (non-hydrogen) atoms. The fraction of sp³-hybridized carbons (Fsp3) is 0.400. The van der Waals surface area contributed by atoms with Crippen molar-refractivity contribution in [2.75, 3.05) is 31.1 Å². The summed E-state index contributed by atoms with van der Waals surface area (Å²) < 4.78 is 0. The van der Waals surface area contributed by atoms with Gasteiger partial charge in [-0.25, -0.2) is 14.8 Å². The molecule has 0 unspecified atom stereocenters. The van der Waals surface area contributed by atoms with Crippen LogP contribution < -0.4 is 15.5 Å². The zero-order chi connectivity index (χ0) is 19.9. The molecule has 2 heterocycles. The van der Waals surface area contributed by atoms with Crippen LogP contribution in [0.4, 0.5) is 10.7 Å². The van der Waals surface area contributed by atoms with Crippen molar-refractivity contribution in [3.8, 4) is 0 Å². The van der Waals surface area contributed by atoms with E-state index in [0.29, 0.717) is 44.2 Å². The highest BCUT2D eigenvalue weighted by Crippen LogP contribution is 2.13. The van der Waals surface area contributed by atoms with Crippen molar-refractivity contribution in [3.05, 3.63) is 53.9 Å². The highest BCUT2D eigenvalue weighted by Gasteiger charge is 2.23. The van der Waals surface area contributed by atoms with Crippen LogP contribution in [0.15, 0.2) is 42.7 Å². The van der Waals surface area contributed by atoms with Crippen molar-refractivity contribution in [2.24, 2.45) is 0 Å². The number of urea groups is 1. The highest BCUT2D eigenvalue weighted by atomic mass is 16.2. The first kappa shape index (κ1) is 19.6. The maximum absolute atomic E-state index is 12.7. The fourth-order valence-corrected chi connectivity index (χ4v) is 3.01. The number of anilines is 1. The summed E-state index contributed by atoms with van der Waals surface area (Å²) in [5.41, 5.74) is 1.60. The van der Waals surface area contributed by atoms with Crippen LogP contribution in [0.1, 0.15) is 29.8 Å². The molecule has 8 nitrogen and oxygen atoms in total. The van der Waals surface area contributed by atoms with Crippen molar-refractivity contribution in [2.45, 2.75) is 26.4 Å². The van der Waals surface area contributed by atoms with Gasteiger partial charge in [-0.2, -0.15) is 0 Å². The summed E-state index contributed by atoms with van der Waals surface area (Å²) in [4.78, 5) is 36.8. The van der Waals surface area contributed by atoms with Crippen LogP contribution in [-0.4, -0.2) is 59.0 Å². The predicted octanol–water partition coefficient (Wildman–Crippen LogP) is 1.65. The lowest BCUT2D eigenvalue weighted by Gasteiger charge is -2.34. The third-order valence-electron chi connectivity index (χ3n) is 4.48. The van der Waals surface area contributed by atoms with Crippen LogP contribution in [-0.2, 0) is 6.54 Å². The summed E-state index contributed by atoms with van der Waals surface area (Å²) in [5, 5.41) is 5.58. The fourth-order valence-electron chi connectivity index (χ4n) is 3.01. The van der Waals surface area contributed by atoms with Crippen molar-refractivity contribution >= 4 is 17.9 Å². The zero-order valence-corrected chi connectivity index (χ0v) is 16.3. The molecule has 1 aromatic heterocycles. The second-order valence-electron chi connectivity index (χ2n) is 7.01. The highest BCUT2D eigenvalue weighted by molar-refractivity contribution is 5.94. The average molecular weight is 382 g/mol. The van der Waals surface area contributed by atoms with Gasteiger partial charge in [0.15, 0.2) is 0 Å². The van der Waals surface area contributed by atoms with Crippen LogP contribution >= 0.6 is 0 Å². The Morgan fingerprint density at radius 1 is 1.04 bits per heavy atom. The number of hydrogen-bond donors (Lipinski definition) is 2. The quantitative estimate of drug-likeness (QED) is 0.821. The van der Waals surface area contributed by atoms with E-state index in [0.717, 1.165) is 5.56 Å². The monoisotopic (exact) mass is 382 g/mol. The van der Waals surface area contributed by atoms with Gasteiger partial charge in [-0.05, 0) is 37.6 Å². The van der Waals surface area contributed by atoms with Gasteiger partial charge in [0.05, 0.1) is 0 Å². The molecule has 148 valence electrons. The number of hydrogen-bond acceptors (Lipinski definition) is 5. The maximum atomic E-state index is 12.7. The van der Waals surface area contributed by atoms with Crippen LogP contribution in [0.2, 0.25) is 0 Å². The Hall–Kier alpha value is -3.16. The lowest BCUT2D eigenvalue weighted by molar-refractivity contribution is 0.0746. The molecule has 1 aliphatic heterocycles. The van der Waals surface area contributed by atoms with Gasteiger partial charge >= 0.3 is 6.03 Å². The van der Waals surface area contributed by atoms with E-state index in [2.05, 4.69) is 25.5 Å². The summed E-state index contributed by atoms with van der Waals surface area (Å²) >= 11 is 0.